The Morgan fingerprint density at radius 3 is 2.59 bits per heavy atom. The van der Waals surface area contributed by atoms with E-state index in [1.165, 1.54) is 50.3 Å². The van der Waals surface area contributed by atoms with Crippen molar-refractivity contribution in [3.63, 3.8) is 0 Å². The summed E-state index contributed by atoms with van der Waals surface area (Å²) in [5, 5.41) is 0. The average molecular weight is 382 g/mol. The van der Waals surface area contributed by atoms with Crippen molar-refractivity contribution in [3.8, 4) is 22.6 Å². The second kappa shape index (κ2) is 7.23. The highest BCUT2D eigenvalue weighted by atomic mass is 32.2. The third kappa shape index (κ3) is 3.93. The van der Waals surface area contributed by atoms with Crippen LogP contribution in [0.2, 0.25) is 0 Å². The third-order valence-corrected chi connectivity index (χ3v) is 6.20. The molecule has 3 aromatic rings. The van der Waals surface area contributed by atoms with Crippen molar-refractivity contribution >= 4 is 9.84 Å². The van der Waals surface area contributed by atoms with Crippen LogP contribution in [0.1, 0.15) is 43.7 Å². The Bertz CT molecular complexity index is 1050. The van der Waals surface area contributed by atoms with E-state index in [2.05, 4.69) is 19.9 Å². The van der Waals surface area contributed by atoms with Crippen molar-refractivity contribution in [2.75, 3.05) is 6.26 Å². The van der Waals surface area contributed by atoms with Gasteiger partial charge in [-0.25, -0.2) is 13.4 Å². The molecule has 1 saturated carbocycles. The molecule has 0 atom stereocenters. The van der Waals surface area contributed by atoms with E-state index in [1.54, 1.807) is 18.5 Å². The van der Waals surface area contributed by atoms with Gasteiger partial charge in [0.15, 0.2) is 15.7 Å². The van der Waals surface area contributed by atoms with E-state index in [0.29, 0.717) is 5.92 Å². The summed E-state index contributed by atoms with van der Waals surface area (Å²) in [6.07, 6.45) is 14.1. The van der Waals surface area contributed by atoms with Gasteiger partial charge in [0.1, 0.15) is 5.69 Å². The van der Waals surface area contributed by atoms with E-state index in [0.717, 1.165) is 22.6 Å². The van der Waals surface area contributed by atoms with Gasteiger partial charge in [-0.1, -0.05) is 19.3 Å². The summed E-state index contributed by atoms with van der Waals surface area (Å²) in [4.78, 5) is 16.7. The van der Waals surface area contributed by atoms with Crippen molar-refractivity contribution in [2.45, 2.75) is 42.9 Å². The molecule has 3 aromatic heterocycles. The first kappa shape index (κ1) is 17.9. The zero-order valence-corrected chi connectivity index (χ0v) is 16.0. The first-order chi connectivity index (χ1) is 13.0. The molecule has 27 heavy (non-hydrogen) atoms. The van der Waals surface area contributed by atoms with Crippen molar-refractivity contribution in [3.05, 3.63) is 48.7 Å². The highest BCUT2D eigenvalue weighted by Crippen LogP contribution is 2.32. The summed E-state index contributed by atoms with van der Waals surface area (Å²) in [5.41, 5.74) is 3.51. The van der Waals surface area contributed by atoms with Crippen molar-refractivity contribution in [1.29, 1.82) is 0 Å². The molecule has 0 aromatic carbocycles. The molecular formula is C20H22N4O2S. The van der Waals surface area contributed by atoms with Gasteiger partial charge in [-0.2, -0.15) is 0 Å². The van der Waals surface area contributed by atoms with Gasteiger partial charge in [0.25, 0.3) is 0 Å². The van der Waals surface area contributed by atoms with Crippen LogP contribution >= 0.6 is 0 Å². The van der Waals surface area contributed by atoms with Crippen LogP contribution in [0.15, 0.2) is 47.9 Å². The number of nitrogens with one attached hydrogen (secondary N) is 1. The van der Waals surface area contributed by atoms with Crippen LogP contribution in [-0.4, -0.2) is 34.6 Å². The SMILES string of the molecule is CS(=O)(=O)c1cncc(-c2ccnc(-c3ncc(C4CCCCC4)[nH]3)c2)c1. The van der Waals surface area contributed by atoms with Crippen LogP contribution in [0.5, 0.6) is 0 Å². The molecule has 7 heteroatoms. The topological polar surface area (TPSA) is 88.6 Å². The molecule has 1 fully saturated rings. The molecule has 1 aliphatic carbocycles. The Morgan fingerprint density at radius 2 is 1.81 bits per heavy atom. The average Bonchev–Trinajstić information content (AvgIpc) is 3.19. The lowest BCUT2D eigenvalue weighted by atomic mass is 9.87. The number of aromatic nitrogens is 4. The number of pyridine rings is 2. The molecule has 1 aliphatic rings. The maximum atomic E-state index is 11.8. The number of nitrogens with zero attached hydrogens (tertiary/aromatic N) is 3. The van der Waals surface area contributed by atoms with Gasteiger partial charge in [0, 0.05) is 48.2 Å². The third-order valence-electron chi connectivity index (χ3n) is 5.12. The number of rotatable bonds is 4. The minimum atomic E-state index is -3.30. The van der Waals surface area contributed by atoms with Gasteiger partial charge >= 0.3 is 0 Å². The maximum absolute atomic E-state index is 11.8. The largest absolute Gasteiger partial charge is 0.340 e. The van der Waals surface area contributed by atoms with Crippen molar-refractivity contribution in [2.24, 2.45) is 0 Å². The first-order valence-corrected chi connectivity index (χ1v) is 11.1. The Labute approximate surface area is 159 Å². The Hall–Kier alpha value is -2.54. The molecule has 0 amide bonds. The standard InChI is InChI=1S/C20H22N4O2S/c1-27(25,26)17-9-16(11-21-12-17)15-7-8-22-18(10-15)20-23-13-19(24-20)14-5-3-2-4-6-14/h7-14H,2-6H2,1H3,(H,23,24). The summed E-state index contributed by atoms with van der Waals surface area (Å²) in [7, 11) is -3.30. The van der Waals surface area contributed by atoms with Crippen LogP contribution in [-0.2, 0) is 9.84 Å². The van der Waals surface area contributed by atoms with Gasteiger partial charge in [-0.15, -0.1) is 0 Å². The fourth-order valence-electron chi connectivity index (χ4n) is 3.61. The van der Waals surface area contributed by atoms with Crippen molar-refractivity contribution < 1.29 is 8.42 Å². The molecule has 6 nitrogen and oxygen atoms in total. The monoisotopic (exact) mass is 382 g/mol. The number of hydrogen-bond donors (Lipinski definition) is 1. The molecule has 0 aliphatic heterocycles. The second-order valence-electron chi connectivity index (χ2n) is 7.13. The van der Waals surface area contributed by atoms with Gasteiger partial charge in [-0.05, 0) is 36.6 Å². The quantitative estimate of drug-likeness (QED) is 0.737. The summed E-state index contributed by atoms with van der Waals surface area (Å²) < 4.78 is 23.6. The smallest absolute Gasteiger partial charge is 0.177 e. The van der Waals surface area contributed by atoms with E-state index in [1.807, 2.05) is 18.3 Å². The highest BCUT2D eigenvalue weighted by Gasteiger charge is 2.18. The Balaban J connectivity index is 1.64. The normalized spacial score (nSPS) is 15.7. The van der Waals surface area contributed by atoms with Crippen LogP contribution in [0.4, 0.5) is 0 Å². The van der Waals surface area contributed by atoms with E-state index < -0.39 is 9.84 Å². The summed E-state index contributed by atoms with van der Waals surface area (Å²) in [5.74, 6) is 1.29. The number of aromatic amines is 1. The molecule has 140 valence electrons. The molecule has 1 N–H and O–H groups in total. The van der Waals surface area contributed by atoms with E-state index in [4.69, 9.17) is 0 Å². The first-order valence-electron chi connectivity index (χ1n) is 9.17. The van der Waals surface area contributed by atoms with E-state index in [-0.39, 0.29) is 4.90 Å². The summed E-state index contributed by atoms with van der Waals surface area (Å²) >= 11 is 0. The second-order valence-corrected chi connectivity index (χ2v) is 9.15. The zero-order valence-electron chi connectivity index (χ0n) is 15.2. The molecule has 4 rings (SSSR count). The molecule has 0 bridgehead atoms. The van der Waals surface area contributed by atoms with E-state index >= 15 is 0 Å². The predicted molar refractivity (Wildman–Crippen MR) is 104 cm³/mol. The van der Waals surface area contributed by atoms with Crippen LogP contribution in [0.3, 0.4) is 0 Å². The summed E-state index contributed by atoms with van der Waals surface area (Å²) in [6, 6.07) is 5.39. The Morgan fingerprint density at radius 1 is 1.00 bits per heavy atom. The fraction of sp³-hybridized carbons (Fsp3) is 0.350. The lowest BCUT2D eigenvalue weighted by Crippen LogP contribution is -2.04. The molecule has 0 radical (unpaired) electrons. The molecule has 0 unspecified atom stereocenters. The number of imidazole rings is 1. The van der Waals surface area contributed by atoms with Gasteiger partial charge in [-0.3, -0.25) is 9.97 Å². The van der Waals surface area contributed by atoms with Gasteiger partial charge in [0.2, 0.25) is 0 Å². The van der Waals surface area contributed by atoms with E-state index in [9.17, 15) is 8.42 Å². The molecule has 0 saturated heterocycles. The van der Waals surface area contributed by atoms with Gasteiger partial charge in [0.05, 0.1) is 4.90 Å². The highest BCUT2D eigenvalue weighted by molar-refractivity contribution is 7.90. The van der Waals surface area contributed by atoms with Crippen LogP contribution in [0.25, 0.3) is 22.6 Å². The molecule has 3 heterocycles. The number of H-pyrrole nitrogens is 1. The van der Waals surface area contributed by atoms with Crippen molar-refractivity contribution in [1.82, 2.24) is 19.9 Å². The minimum absolute atomic E-state index is 0.205. The molecular weight excluding hydrogens is 360 g/mol. The fourth-order valence-corrected chi connectivity index (χ4v) is 4.20. The lowest BCUT2D eigenvalue weighted by Gasteiger charge is -2.19. The van der Waals surface area contributed by atoms with Gasteiger partial charge < -0.3 is 4.98 Å². The van der Waals surface area contributed by atoms with Crippen LogP contribution in [0, 0.1) is 0 Å². The lowest BCUT2D eigenvalue weighted by molar-refractivity contribution is 0.438. The number of hydrogen-bond acceptors (Lipinski definition) is 5. The van der Waals surface area contributed by atoms with Crippen LogP contribution < -0.4 is 0 Å². The maximum Gasteiger partial charge on any atom is 0.177 e. The minimum Gasteiger partial charge on any atom is -0.340 e. The predicted octanol–water partition coefficient (Wildman–Crippen LogP) is 3.98. The number of sulfone groups is 1. The molecule has 0 spiro atoms. The Kier molecular flexibility index (Phi) is 4.78. The zero-order chi connectivity index (χ0) is 18.9. The summed E-state index contributed by atoms with van der Waals surface area (Å²) in [6.45, 7) is 0.